The Morgan fingerprint density at radius 2 is 1.98 bits per heavy atom. The molecule has 212 valence electrons. The maximum Gasteiger partial charge on any atom is 0.254 e. The molecule has 7 rings (SSSR count). The maximum absolute atomic E-state index is 16.0. The molecule has 0 bridgehead atoms. The van der Waals surface area contributed by atoms with Crippen LogP contribution in [0.2, 0.25) is 0 Å². The van der Waals surface area contributed by atoms with Crippen LogP contribution in [0.3, 0.4) is 0 Å². The van der Waals surface area contributed by atoms with Gasteiger partial charge in [0.15, 0.2) is 5.82 Å². The van der Waals surface area contributed by atoms with Gasteiger partial charge in [-0.15, -0.1) is 0 Å². The van der Waals surface area contributed by atoms with Gasteiger partial charge in [-0.05, 0) is 62.1 Å². The number of fused-ring (bicyclic) bond motifs is 1. The van der Waals surface area contributed by atoms with E-state index in [0.717, 1.165) is 54.6 Å². The van der Waals surface area contributed by atoms with Crippen LogP contribution in [0.1, 0.15) is 54.8 Å². The quantitative estimate of drug-likeness (QED) is 0.261. The first-order valence-corrected chi connectivity index (χ1v) is 14.6. The Kier molecular flexibility index (Phi) is 6.54. The minimum atomic E-state index is -0.465. The summed E-state index contributed by atoms with van der Waals surface area (Å²) in [5, 5.41) is 10.6. The third-order valence-electron chi connectivity index (χ3n) is 8.59. The van der Waals surface area contributed by atoms with E-state index < -0.39 is 5.82 Å². The number of hydrogen-bond donors (Lipinski definition) is 1. The molecule has 5 heterocycles. The lowest BCUT2D eigenvalue weighted by Crippen LogP contribution is -2.36. The number of aromatic nitrogens is 3. The van der Waals surface area contributed by atoms with E-state index >= 15 is 4.39 Å². The number of anilines is 1. The molecular weight excluding hydrogens is 521 g/mol. The Bertz CT molecular complexity index is 1730. The molecule has 1 atom stereocenters. The van der Waals surface area contributed by atoms with Gasteiger partial charge in [0.2, 0.25) is 0 Å². The van der Waals surface area contributed by atoms with Crippen molar-refractivity contribution in [2.45, 2.75) is 45.2 Å². The normalized spacial score (nSPS) is 16.9. The molecular formula is C32H34FN5O3. The first kappa shape index (κ1) is 25.8. The van der Waals surface area contributed by atoms with Crippen LogP contribution in [0.15, 0.2) is 59.2 Å². The first-order valence-electron chi connectivity index (χ1n) is 14.6. The highest BCUT2D eigenvalue weighted by atomic mass is 19.1. The van der Waals surface area contributed by atoms with Gasteiger partial charge in [-0.2, -0.15) is 0 Å². The largest absolute Gasteiger partial charge is 0.467 e. The predicted molar refractivity (Wildman–Crippen MR) is 157 cm³/mol. The highest BCUT2D eigenvalue weighted by molar-refractivity contribution is 5.99. The fourth-order valence-electron chi connectivity index (χ4n) is 6.64. The molecule has 0 aliphatic carbocycles. The van der Waals surface area contributed by atoms with E-state index in [2.05, 4.69) is 40.7 Å². The van der Waals surface area contributed by atoms with Crippen molar-refractivity contribution in [3.8, 4) is 11.5 Å². The second-order valence-corrected chi connectivity index (χ2v) is 11.1. The van der Waals surface area contributed by atoms with Crippen LogP contribution in [0.25, 0.3) is 33.5 Å². The van der Waals surface area contributed by atoms with Crippen molar-refractivity contribution in [2.75, 3.05) is 37.7 Å². The number of aliphatic hydroxyl groups excluding tert-OH is 1. The Hall–Kier alpha value is -4.11. The highest BCUT2D eigenvalue weighted by Crippen LogP contribution is 2.42. The Balaban J connectivity index is 1.44. The molecule has 41 heavy (non-hydrogen) atoms. The number of furan rings is 1. The van der Waals surface area contributed by atoms with Gasteiger partial charge >= 0.3 is 0 Å². The average molecular weight is 556 g/mol. The van der Waals surface area contributed by atoms with E-state index in [4.69, 9.17) is 9.40 Å². The van der Waals surface area contributed by atoms with E-state index in [-0.39, 0.29) is 18.6 Å². The number of nitrogens with zero attached hydrogens (tertiary/aromatic N) is 5. The van der Waals surface area contributed by atoms with Crippen molar-refractivity contribution in [3.05, 3.63) is 71.9 Å². The lowest BCUT2D eigenvalue weighted by Gasteiger charge is -2.36. The molecule has 2 aromatic carbocycles. The van der Waals surface area contributed by atoms with Crippen LogP contribution in [0.5, 0.6) is 0 Å². The number of halogens is 1. The van der Waals surface area contributed by atoms with Gasteiger partial charge in [0.05, 0.1) is 41.3 Å². The molecule has 2 aliphatic rings. The molecule has 1 fully saturated rings. The molecule has 0 radical (unpaired) electrons. The molecule has 3 aromatic heterocycles. The molecule has 0 saturated carbocycles. The van der Waals surface area contributed by atoms with E-state index in [1.807, 2.05) is 16.7 Å². The van der Waals surface area contributed by atoms with Crippen LogP contribution in [0.4, 0.5) is 10.1 Å². The van der Waals surface area contributed by atoms with Crippen molar-refractivity contribution in [2.24, 2.45) is 0 Å². The van der Waals surface area contributed by atoms with E-state index in [0.29, 0.717) is 54.2 Å². The lowest BCUT2D eigenvalue weighted by atomic mass is 10.1. The average Bonchev–Trinajstić information content (AvgIpc) is 3.80. The molecule has 8 nitrogen and oxygen atoms in total. The van der Waals surface area contributed by atoms with Crippen molar-refractivity contribution in [3.63, 3.8) is 0 Å². The number of para-hydroxylation sites is 1. The van der Waals surface area contributed by atoms with Gasteiger partial charge in [0.25, 0.3) is 5.91 Å². The second-order valence-electron chi connectivity index (χ2n) is 11.1. The fraction of sp³-hybridized carbons (Fsp3) is 0.375. The van der Waals surface area contributed by atoms with Gasteiger partial charge in [-0.1, -0.05) is 19.1 Å². The van der Waals surface area contributed by atoms with Gasteiger partial charge in [-0.25, -0.2) is 9.37 Å². The summed E-state index contributed by atoms with van der Waals surface area (Å²) in [5.41, 5.74) is 4.32. The molecule has 9 heteroatoms. The van der Waals surface area contributed by atoms with Gasteiger partial charge in [-0.3, -0.25) is 4.79 Å². The number of carbonyl (C=O) groups is 1. The molecule has 1 unspecified atom stereocenters. The van der Waals surface area contributed by atoms with Gasteiger partial charge in [0.1, 0.15) is 17.1 Å². The number of benzene rings is 2. The van der Waals surface area contributed by atoms with Crippen LogP contribution in [0, 0.1) is 5.82 Å². The topological polar surface area (TPSA) is 79.7 Å². The monoisotopic (exact) mass is 555 g/mol. The molecule has 2 aliphatic heterocycles. The molecule has 0 spiro atoms. The third-order valence-corrected chi connectivity index (χ3v) is 8.59. The van der Waals surface area contributed by atoms with Crippen LogP contribution < -0.4 is 4.90 Å². The standard InChI is InChI=1S/C32H34FN5O3/c1-2-23-19-36(13-7-14-39)27-10-5-8-21-18-28(38(23)29(21)27)31-34-26-17-22(32(40)35-11-3-4-12-35)16-25(33)30(26)37(31)20-24-9-6-15-41-24/h5-6,8-10,15-18,23,39H,2-4,7,11-14,19-20H2,1H3. The summed E-state index contributed by atoms with van der Waals surface area (Å²) in [6.45, 7) is 5.64. The van der Waals surface area contributed by atoms with Crippen molar-refractivity contribution < 1.29 is 18.7 Å². The highest BCUT2D eigenvalue weighted by Gasteiger charge is 2.31. The number of imidazole rings is 1. The second kappa shape index (κ2) is 10.4. The van der Waals surface area contributed by atoms with Crippen molar-refractivity contribution >= 4 is 33.5 Å². The van der Waals surface area contributed by atoms with Crippen LogP contribution >= 0.6 is 0 Å². The van der Waals surface area contributed by atoms with Gasteiger partial charge < -0.3 is 28.5 Å². The summed E-state index contributed by atoms with van der Waals surface area (Å²) in [6, 6.07) is 15.4. The van der Waals surface area contributed by atoms with E-state index in [9.17, 15) is 9.90 Å². The summed E-state index contributed by atoms with van der Waals surface area (Å²) in [4.78, 5) is 22.4. The maximum atomic E-state index is 16.0. The Morgan fingerprint density at radius 1 is 1.12 bits per heavy atom. The minimum Gasteiger partial charge on any atom is -0.467 e. The van der Waals surface area contributed by atoms with Crippen LogP contribution in [-0.2, 0) is 6.54 Å². The van der Waals surface area contributed by atoms with Crippen molar-refractivity contribution in [1.29, 1.82) is 0 Å². The summed E-state index contributed by atoms with van der Waals surface area (Å²) in [5.74, 6) is 0.728. The Labute approximate surface area is 237 Å². The summed E-state index contributed by atoms with van der Waals surface area (Å²) in [6.07, 6.45) is 5.17. The number of carbonyl (C=O) groups excluding carboxylic acids is 1. The number of aliphatic hydroxyl groups is 1. The van der Waals surface area contributed by atoms with Gasteiger partial charge in [0, 0.05) is 43.7 Å². The smallest absolute Gasteiger partial charge is 0.254 e. The molecule has 1 amide bonds. The van der Waals surface area contributed by atoms with E-state index in [1.165, 1.54) is 6.07 Å². The fourth-order valence-corrected chi connectivity index (χ4v) is 6.64. The predicted octanol–water partition coefficient (Wildman–Crippen LogP) is 5.83. The summed E-state index contributed by atoms with van der Waals surface area (Å²) in [7, 11) is 0. The number of amides is 1. The minimum absolute atomic E-state index is 0.146. The molecule has 1 N–H and O–H groups in total. The first-order chi connectivity index (χ1) is 20.1. The summed E-state index contributed by atoms with van der Waals surface area (Å²) >= 11 is 0. The SMILES string of the molecule is CCC1CN(CCCO)c2cccc3cc(-c4nc5cc(C(=O)N6CCCC6)cc(F)c5n4Cc4ccco4)n1c23. The zero-order valence-corrected chi connectivity index (χ0v) is 23.2. The Morgan fingerprint density at radius 3 is 2.73 bits per heavy atom. The lowest BCUT2D eigenvalue weighted by molar-refractivity contribution is 0.0792. The number of rotatable bonds is 8. The summed E-state index contributed by atoms with van der Waals surface area (Å²) < 4.78 is 25.9. The zero-order chi connectivity index (χ0) is 28.1. The molecule has 5 aromatic rings. The number of hydrogen-bond acceptors (Lipinski definition) is 5. The van der Waals surface area contributed by atoms with E-state index in [1.54, 1.807) is 17.2 Å². The third kappa shape index (κ3) is 4.30. The van der Waals surface area contributed by atoms with Crippen molar-refractivity contribution in [1.82, 2.24) is 19.0 Å². The van der Waals surface area contributed by atoms with Crippen LogP contribution in [-0.4, -0.2) is 62.8 Å². The zero-order valence-electron chi connectivity index (χ0n) is 23.2. The number of likely N-dealkylation sites (tertiary alicyclic amines) is 1. The molecule has 1 saturated heterocycles.